The van der Waals surface area contributed by atoms with Crippen molar-refractivity contribution in [3.63, 3.8) is 0 Å². The number of aliphatic imine (C=N–C) groups is 1. The molecule has 2 aromatic heterocycles. The zero-order chi connectivity index (χ0) is 23.0. The van der Waals surface area contributed by atoms with Crippen molar-refractivity contribution in [2.75, 3.05) is 38.8 Å². The van der Waals surface area contributed by atoms with Gasteiger partial charge in [0.05, 0.1) is 20.8 Å². The number of guanidine groups is 1. The number of imidazole rings is 1. The summed E-state index contributed by atoms with van der Waals surface area (Å²) in [5, 5.41) is 6.95. The molecule has 182 valence electrons. The van der Waals surface area contributed by atoms with Crippen molar-refractivity contribution in [1.82, 2.24) is 25.2 Å². The Morgan fingerprint density at radius 1 is 1.15 bits per heavy atom. The number of anilines is 1. The zero-order valence-electron chi connectivity index (χ0n) is 19.8. The number of nitrogens with one attached hydrogen (secondary N) is 2. The van der Waals surface area contributed by atoms with Crippen LogP contribution in [-0.4, -0.2) is 60.4 Å². The average molecular weight is 577 g/mol. The summed E-state index contributed by atoms with van der Waals surface area (Å²) in [6.07, 6.45) is 8.18. The van der Waals surface area contributed by atoms with E-state index in [1.807, 2.05) is 41.1 Å². The number of aromatic nitrogens is 3. The minimum absolute atomic E-state index is 0. The molecule has 0 radical (unpaired) electrons. The second-order valence-corrected chi connectivity index (χ2v) is 7.83. The third-order valence-electron chi connectivity index (χ3n) is 5.57. The maximum atomic E-state index is 5.43. The summed E-state index contributed by atoms with van der Waals surface area (Å²) in [4.78, 5) is 15.6. The van der Waals surface area contributed by atoms with E-state index < -0.39 is 0 Å². The van der Waals surface area contributed by atoms with Gasteiger partial charge in [-0.05, 0) is 31.0 Å². The molecular formula is C24H32IN7O2. The second-order valence-electron chi connectivity index (χ2n) is 7.83. The van der Waals surface area contributed by atoms with Crippen molar-refractivity contribution in [3.8, 4) is 17.3 Å². The summed E-state index contributed by atoms with van der Waals surface area (Å²) in [6.45, 7) is 5.26. The maximum absolute atomic E-state index is 5.43. The minimum Gasteiger partial charge on any atom is -0.497 e. The summed E-state index contributed by atoms with van der Waals surface area (Å²) >= 11 is 0. The Bertz CT molecular complexity index is 1050. The van der Waals surface area contributed by atoms with Crippen LogP contribution in [0, 0.1) is 0 Å². The predicted octanol–water partition coefficient (Wildman–Crippen LogP) is 3.24. The molecule has 9 nitrogen and oxygen atoms in total. The Labute approximate surface area is 217 Å². The van der Waals surface area contributed by atoms with Crippen LogP contribution in [0.25, 0.3) is 5.82 Å². The normalized spacial score (nSPS) is 15.6. The van der Waals surface area contributed by atoms with Gasteiger partial charge in [0, 0.05) is 68.2 Å². The summed E-state index contributed by atoms with van der Waals surface area (Å²) in [5.41, 5.74) is 2.18. The van der Waals surface area contributed by atoms with Gasteiger partial charge in [0.15, 0.2) is 5.96 Å². The van der Waals surface area contributed by atoms with E-state index in [4.69, 9.17) is 14.5 Å². The predicted molar refractivity (Wildman–Crippen MR) is 145 cm³/mol. The molecule has 0 bridgehead atoms. The van der Waals surface area contributed by atoms with Crippen molar-refractivity contribution >= 4 is 35.6 Å². The standard InChI is InChI=1S/C24H31N7O2.HI/c1-4-26-24(28-15-18-5-7-27-23(11-18)31-10-8-25-17-31)29-19-6-9-30(16-19)20-12-21(32-2)14-22(13-20)33-3;/h5,7-8,10-14,17,19H,4,6,9,15-16H2,1-3H3,(H2,26,28,29);1H. The lowest BCUT2D eigenvalue weighted by molar-refractivity contribution is 0.394. The number of pyridine rings is 1. The van der Waals surface area contributed by atoms with Crippen molar-refractivity contribution in [1.29, 1.82) is 0 Å². The molecule has 1 aliphatic rings. The summed E-state index contributed by atoms with van der Waals surface area (Å²) in [5.74, 6) is 3.23. The highest BCUT2D eigenvalue weighted by atomic mass is 127. The minimum atomic E-state index is 0. The first-order valence-electron chi connectivity index (χ1n) is 11.1. The van der Waals surface area contributed by atoms with Crippen LogP contribution in [-0.2, 0) is 6.54 Å². The second kappa shape index (κ2) is 12.4. The highest BCUT2D eigenvalue weighted by Crippen LogP contribution is 2.30. The first-order chi connectivity index (χ1) is 16.2. The van der Waals surface area contributed by atoms with E-state index >= 15 is 0 Å². The molecule has 3 heterocycles. The lowest BCUT2D eigenvalue weighted by atomic mass is 10.2. The van der Waals surface area contributed by atoms with E-state index in [1.54, 1.807) is 32.9 Å². The molecule has 1 fully saturated rings. The monoisotopic (exact) mass is 577 g/mol. The Balaban J connectivity index is 0.00000324. The largest absolute Gasteiger partial charge is 0.497 e. The number of halogens is 1. The van der Waals surface area contributed by atoms with Gasteiger partial charge in [0.25, 0.3) is 0 Å². The van der Waals surface area contributed by atoms with Gasteiger partial charge in [-0.15, -0.1) is 24.0 Å². The van der Waals surface area contributed by atoms with Crippen molar-refractivity contribution in [2.45, 2.75) is 25.9 Å². The van der Waals surface area contributed by atoms with Crippen LogP contribution in [0.2, 0.25) is 0 Å². The summed E-state index contributed by atoms with van der Waals surface area (Å²) in [7, 11) is 3.35. The van der Waals surface area contributed by atoms with Gasteiger partial charge in [0.2, 0.25) is 0 Å². The van der Waals surface area contributed by atoms with Gasteiger partial charge in [-0.3, -0.25) is 4.57 Å². The fraction of sp³-hybridized carbons (Fsp3) is 0.375. The number of hydrogen-bond donors (Lipinski definition) is 2. The number of rotatable bonds is 8. The quantitative estimate of drug-likeness (QED) is 0.242. The molecule has 1 unspecified atom stereocenters. The average Bonchev–Trinajstić information content (AvgIpc) is 3.55. The molecule has 1 aliphatic heterocycles. The van der Waals surface area contributed by atoms with Crippen LogP contribution in [0.15, 0.2) is 60.2 Å². The third kappa shape index (κ3) is 6.52. The summed E-state index contributed by atoms with van der Waals surface area (Å²) < 4.78 is 12.7. The highest BCUT2D eigenvalue weighted by molar-refractivity contribution is 14.0. The van der Waals surface area contributed by atoms with Crippen LogP contribution in [0.5, 0.6) is 11.5 Å². The van der Waals surface area contributed by atoms with E-state index in [1.165, 1.54) is 0 Å². The SMILES string of the molecule is CCNC(=NCc1ccnc(-n2ccnc2)c1)NC1CCN(c2cc(OC)cc(OC)c2)C1.I. The number of hydrogen-bond acceptors (Lipinski definition) is 6. The number of nitrogens with zero attached hydrogens (tertiary/aromatic N) is 5. The molecule has 10 heteroatoms. The molecule has 4 rings (SSSR count). The van der Waals surface area contributed by atoms with Crippen molar-refractivity contribution < 1.29 is 9.47 Å². The molecule has 1 atom stereocenters. The van der Waals surface area contributed by atoms with Gasteiger partial charge < -0.3 is 25.0 Å². The van der Waals surface area contributed by atoms with E-state index in [9.17, 15) is 0 Å². The van der Waals surface area contributed by atoms with E-state index in [-0.39, 0.29) is 24.0 Å². The van der Waals surface area contributed by atoms with Gasteiger partial charge in [-0.25, -0.2) is 15.0 Å². The Morgan fingerprint density at radius 3 is 2.62 bits per heavy atom. The highest BCUT2D eigenvalue weighted by Gasteiger charge is 2.24. The van der Waals surface area contributed by atoms with Crippen LogP contribution < -0.4 is 25.0 Å². The van der Waals surface area contributed by atoms with Crippen LogP contribution in [0.3, 0.4) is 0 Å². The Kier molecular flexibility index (Phi) is 9.37. The number of ether oxygens (including phenoxy) is 2. The molecule has 0 amide bonds. The topological polar surface area (TPSA) is 88.8 Å². The Hall–Kier alpha value is -3.02. The van der Waals surface area contributed by atoms with E-state index in [2.05, 4.69) is 32.4 Å². The van der Waals surface area contributed by atoms with Gasteiger partial charge in [-0.2, -0.15) is 0 Å². The molecule has 1 aromatic carbocycles. The van der Waals surface area contributed by atoms with Gasteiger partial charge in [0.1, 0.15) is 23.6 Å². The number of methoxy groups -OCH3 is 2. The third-order valence-corrected chi connectivity index (χ3v) is 5.57. The molecule has 2 N–H and O–H groups in total. The van der Waals surface area contributed by atoms with Crippen LogP contribution in [0.1, 0.15) is 18.9 Å². The molecule has 34 heavy (non-hydrogen) atoms. The van der Waals surface area contributed by atoms with E-state index in [0.717, 1.165) is 60.6 Å². The first kappa shape index (κ1) is 25.6. The van der Waals surface area contributed by atoms with Crippen molar-refractivity contribution in [2.24, 2.45) is 4.99 Å². The van der Waals surface area contributed by atoms with Gasteiger partial charge >= 0.3 is 0 Å². The maximum Gasteiger partial charge on any atom is 0.191 e. The fourth-order valence-electron chi connectivity index (χ4n) is 3.87. The Morgan fingerprint density at radius 2 is 1.94 bits per heavy atom. The van der Waals surface area contributed by atoms with E-state index in [0.29, 0.717) is 12.6 Å². The number of benzene rings is 1. The molecule has 0 aliphatic carbocycles. The molecular weight excluding hydrogens is 545 g/mol. The fourth-order valence-corrected chi connectivity index (χ4v) is 3.87. The molecule has 3 aromatic rings. The first-order valence-corrected chi connectivity index (χ1v) is 11.1. The molecule has 1 saturated heterocycles. The smallest absolute Gasteiger partial charge is 0.191 e. The van der Waals surface area contributed by atoms with Crippen LogP contribution in [0.4, 0.5) is 5.69 Å². The molecule has 0 spiro atoms. The lowest BCUT2D eigenvalue weighted by Gasteiger charge is -2.21. The molecule has 0 saturated carbocycles. The van der Waals surface area contributed by atoms with Gasteiger partial charge in [-0.1, -0.05) is 0 Å². The lowest BCUT2D eigenvalue weighted by Crippen LogP contribution is -2.44. The van der Waals surface area contributed by atoms with Crippen molar-refractivity contribution in [3.05, 3.63) is 60.8 Å². The zero-order valence-corrected chi connectivity index (χ0v) is 22.1. The summed E-state index contributed by atoms with van der Waals surface area (Å²) in [6, 6.07) is 10.3. The van der Waals surface area contributed by atoms with Crippen LogP contribution >= 0.6 is 24.0 Å².